The molecule has 0 radical (unpaired) electrons. The van der Waals surface area contributed by atoms with Gasteiger partial charge in [-0.1, -0.05) is 143 Å². The van der Waals surface area contributed by atoms with Gasteiger partial charge in [0.1, 0.15) is 0 Å². The highest BCUT2D eigenvalue weighted by Crippen LogP contribution is 2.52. The molecule has 1 aliphatic rings. The monoisotopic (exact) mass is 619 g/mol. The molecule has 0 spiro atoms. The molecule has 0 bridgehead atoms. The Balaban J connectivity index is 1.40. The van der Waals surface area contributed by atoms with E-state index in [0.717, 1.165) is 5.69 Å². The quantitative estimate of drug-likeness (QED) is 0.179. The van der Waals surface area contributed by atoms with Gasteiger partial charge in [0.25, 0.3) is 0 Å². The first kappa shape index (κ1) is 30.0. The highest BCUT2D eigenvalue weighted by Gasteiger charge is 2.37. The van der Waals surface area contributed by atoms with Crippen molar-refractivity contribution in [1.29, 1.82) is 0 Å². The molecule has 0 saturated heterocycles. The lowest BCUT2D eigenvalue weighted by atomic mass is 9.82. The largest absolute Gasteiger partial charge is 0.310 e. The van der Waals surface area contributed by atoms with Gasteiger partial charge >= 0.3 is 0 Å². The predicted molar refractivity (Wildman–Crippen MR) is 206 cm³/mol. The van der Waals surface area contributed by atoms with Crippen LogP contribution in [0.5, 0.6) is 0 Å². The highest BCUT2D eigenvalue weighted by molar-refractivity contribution is 5.99. The van der Waals surface area contributed by atoms with Crippen LogP contribution in [0.3, 0.4) is 0 Å². The van der Waals surface area contributed by atoms with Crippen LogP contribution in [0.4, 0.5) is 17.1 Å². The third-order valence-electron chi connectivity index (χ3n) is 10.4. The van der Waals surface area contributed by atoms with E-state index in [1.165, 1.54) is 77.8 Å². The van der Waals surface area contributed by atoms with Crippen LogP contribution in [-0.2, 0) is 5.41 Å². The maximum Gasteiger partial charge on any atom is 0.0546 e. The van der Waals surface area contributed by atoms with Crippen molar-refractivity contribution in [3.05, 3.63) is 174 Å². The fourth-order valence-corrected chi connectivity index (χ4v) is 7.83. The lowest BCUT2D eigenvalue weighted by Crippen LogP contribution is -2.17. The molecule has 0 saturated carbocycles. The van der Waals surface area contributed by atoms with E-state index in [0.29, 0.717) is 5.92 Å². The minimum Gasteiger partial charge on any atom is -0.310 e. The Morgan fingerprint density at radius 3 is 1.90 bits per heavy atom. The van der Waals surface area contributed by atoms with E-state index < -0.39 is 0 Å². The predicted octanol–water partition coefficient (Wildman–Crippen LogP) is 13.4. The van der Waals surface area contributed by atoms with Gasteiger partial charge in [0.05, 0.1) is 5.69 Å². The number of fused-ring (bicyclic) bond motifs is 4. The van der Waals surface area contributed by atoms with Gasteiger partial charge < -0.3 is 4.90 Å². The van der Waals surface area contributed by atoms with E-state index in [4.69, 9.17) is 0 Å². The van der Waals surface area contributed by atoms with Crippen LogP contribution in [0.2, 0.25) is 0 Å². The average Bonchev–Trinajstić information content (AvgIpc) is 3.35. The van der Waals surface area contributed by atoms with E-state index in [2.05, 4.69) is 191 Å². The summed E-state index contributed by atoms with van der Waals surface area (Å²) in [6, 6.07) is 56.1. The van der Waals surface area contributed by atoms with Crippen LogP contribution in [0.25, 0.3) is 44.2 Å². The van der Waals surface area contributed by atoms with Crippen molar-refractivity contribution >= 4 is 27.8 Å². The van der Waals surface area contributed by atoms with Crippen LogP contribution >= 0.6 is 0 Å². The summed E-state index contributed by atoms with van der Waals surface area (Å²) in [6.45, 7) is 11.6. The number of anilines is 3. The molecule has 0 heterocycles. The molecular weight excluding hydrogens is 579 g/mol. The highest BCUT2D eigenvalue weighted by atomic mass is 15.1. The fourth-order valence-electron chi connectivity index (χ4n) is 7.83. The van der Waals surface area contributed by atoms with Crippen molar-refractivity contribution < 1.29 is 0 Å². The minimum atomic E-state index is -0.105. The van der Waals surface area contributed by atoms with Crippen molar-refractivity contribution in [2.24, 2.45) is 0 Å². The van der Waals surface area contributed by atoms with Gasteiger partial charge in [0.15, 0.2) is 0 Å². The number of nitrogens with zero attached hydrogens (tertiary/aromatic N) is 1. The first-order valence-corrected chi connectivity index (χ1v) is 17.1. The van der Waals surface area contributed by atoms with Crippen molar-refractivity contribution in [2.45, 2.75) is 46.0 Å². The third-order valence-corrected chi connectivity index (χ3v) is 10.4. The molecule has 0 fully saturated rings. The molecule has 8 rings (SSSR count). The van der Waals surface area contributed by atoms with E-state index in [1.54, 1.807) is 0 Å². The SMILES string of the molecule is Cc1cccc2c1-c1ccc(N(c3ccc(-c4ccccc4)cc3)c3cc4ccccc4cc3-c3ccccc3C(C)C)cc1C2(C)C. The zero-order chi connectivity index (χ0) is 33.0. The van der Waals surface area contributed by atoms with Gasteiger partial charge in [-0.2, -0.15) is 0 Å². The Hall–Kier alpha value is -5.40. The van der Waals surface area contributed by atoms with E-state index >= 15 is 0 Å². The molecule has 0 N–H and O–H groups in total. The van der Waals surface area contributed by atoms with E-state index in [9.17, 15) is 0 Å². The van der Waals surface area contributed by atoms with Crippen LogP contribution in [0, 0.1) is 6.92 Å². The van der Waals surface area contributed by atoms with Gasteiger partial charge in [-0.3, -0.25) is 0 Å². The van der Waals surface area contributed by atoms with Gasteiger partial charge in [-0.15, -0.1) is 0 Å². The number of rotatable bonds is 6. The van der Waals surface area contributed by atoms with Gasteiger partial charge in [0, 0.05) is 22.4 Å². The molecule has 0 unspecified atom stereocenters. The number of hydrogen-bond acceptors (Lipinski definition) is 1. The van der Waals surface area contributed by atoms with Crippen LogP contribution in [-0.4, -0.2) is 0 Å². The first-order chi connectivity index (χ1) is 23.3. The molecule has 0 aliphatic heterocycles. The van der Waals surface area contributed by atoms with E-state index in [1.807, 2.05) is 0 Å². The van der Waals surface area contributed by atoms with Crippen LogP contribution in [0.15, 0.2) is 152 Å². The second-order valence-corrected chi connectivity index (χ2v) is 14.1. The second-order valence-electron chi connectivity index (χ2n) is 14.1. The average molecular weight is 620 g/mol. The van der Waals surface area contributed by atoms with Gasteiger partial charge in [-0.25, -0.2) is 0 Å². The molecule has 0 aromatic heterocycles. The summed E-state index contributed by atoms with van der Waals surface area (Å²) < 4.78 is 0. The summed E-state index contributed by atoms with van der Waals surface area (Å²) in [5, 5.41) is 2.48. The molecule has 1 nitrogen and oxygen atoms in total. The zero-order valence-electron chi connectivity index (χ0n) is 28.5. The van der Waals surface area contributed by atoms with Crippen molar-refractivity contribution in [1.82, 2.24) is 0 Å². The molecule has 0 atom stereocenters. The molecule has 1 aliphatic carbocycles. The number of hydrogen-bond donors (Lipinski definition) is 0. The molecule has 7 aromatic carbocycles. The summed E-state index contributed by atoms with van der Waals surface area (Å²) in [6.07, 6.45) is 0. The van der Waals surface area contributed by atoms with Crippen LogP contribution < -0.4 is 4.90 Å². The van der Waals surface area contributed by atoms with Crippen molar-refractivity contribution in [2.75, 3.05) is 4.90 Å². The molecule has 0 amide bonds. The zero-order valence-corrected chi connectivity index (χ0v) is 28.5. The maximum atomic E-state index is 2.49. The number of benzene rings is 7. The molecule has 7 aromatic rings. The fraction of sp³-hybridized carbons (Fsp3) is 0.149. The van der Waals surface area contributed by atoms with Gasteiger partial charge in [-0.05, 0) is 110 Å². The molecule has 234 valence electrons. The Bertz CT molecular complexity index is 2290. The molecular formula is C47H41N. The smallest absolute Gasteiger partial charge is 0.0546 e. The number of aryl methyl sites for hydroxylation is 1. The normalized spacial score (nSPS) is 13.0. The van der Waals surface area contributed by atoms with Crippen LogP contribution in [0.1, 0.15) is 55.9 Å². The maximum absolute atomic E-state index is 2.49. The lowest BCUT2D eigenvalue weighted by Gasteiger charge is -2.31. The molecule has 48 heavy (non-hydrogen) atoms. The third kappa shape index (κ3) is 4.93. The standard InChI is InChI=1S/C47H41N/c1-31(2)39-19-11-12-20-40(39)42-28-35-17-9-10-18-36(35)29-45(42)48(37-24-22-34(23-25-37)33-15-7-6-8-16-33)38-26-27-41-44(30-38)47(4,5)43-21-13-14-32(3)46(41)43/h6-31H,1-5H3. The first-order valence-electron chi connectivity index (χ1n) is 17.1. The second kappa shape index (κ2) is 11.7. The van der Waals surface area contributed by atoms with Crippen molar-refractivity contribution in [3.63, 3.8) is 0 Å². The Labute approximate surface area is 285 Å². The van der Waals surface area contributed by atoms with Gasteiger partial charge in [0.2, 0.25) is 0 Å². The van der Waals surface area contributed by atoms with Crippen molar-refractivity contribution in [3.8, 4) is 33.4 Å². The lowest BCUT2D eigenvalue weighted by molar-refractivity contribution is 0.660. The molecule has 1 heteroatoms. The topological polar surface area (TPSA) is 3.24 Å². The summed E-state index contributed by atoms with van der Waals surface area (Å²) >= 11 is 0. The Kier molecular flexibility index (Phi) is 7.30. The minimum absolute atomic E-state index is 0.105. The summed E-state index contributed by atoms with van der Waals surface area (Å²) in [4.78, 5) is 2.49. The summed E-state index contributed by atoms with van der Waals surface area (Å²) in [5.41, 5.74) is 16.5. The summed E-state index contributed by atoms with van der Waals surface area (Å²) in [5.74, 6) is 0.390. The Morgan fingerprint density at radius 2 is 1.15 bits per heavy atom. The summed E-state index contributed by atoms with van der Waals surface area (Å²) in [7, 11) is 0. The van der Waals surface area contributed by atoms with E-state index in [-0.39, 0.29) is 5.41 Å². The Morgan fingerprint density at radius 1 is 0.500 bits per heavy atom.